The Morgan fingerprint density at radius 2 is 1.92 bits per heavy atom. The lowest BCUT2D eigenvalue weighted by atomic mass is 9.93. The van der Waals surface area contributed by atoms with Gasteiger partial charge in [-0.15, -0.1) is 0 Å². The predicted molar refractivity (Wildman–Crippen MR) is 141 cm³/mol. The third kappa shape index (κ3) is 4.59. The van der Waals surface area contributed by atoms with Crippen LogP contribution in [0.2, 0.25) is 0 Å². The second kappa shape index (κ2) is 9.91. The minimum absolute atomic E-state index is 0.192. The Morgan fingerprint density at radius 3 is 2.68 bits per heavy atom. The van der Waals surface area contributed by atoms with Gasteiger partial charge in [-0.3, -0.25) is 19.1 Å². The molecular weight excluding hydrogens is 469 g/mol. The Labute approximate surface area is 214 Å². The molecule has 5 rings (SSSR count). The zero-order valence-electron chi connectivity index (χ0n) is 20.6. The van der Waals surface area contributed by atoms with Gasteiger partial charge in [0.25, 0.3) is 0 Å². The number of fused-ring (bicyclic) bond motifs is 1. The van der Waals surface area contributed by atoms with Crippen molar-refractivity contribution in [1.29, 1.82) is 0 Å². The van der Waals surface area contributed by atoms with Gasteiger partial charge in [-0.2, -0.15) is 0 Å². The molecule has 4 aromatic rings. The van der Waals surface area contributed by atoms with Crippen LogP contribution in [0.15, 0.2) is 78.0 Å². The first kappa shape index (κ1) is 24.3. The van der Waals surface area contributed by atoms with Crippen molar-refractivity contribution >= 4 is 17.9 Å². The molecule has 37 heavy (non-hydrogen) atoms. The Bertz CT molecular complexity index is 1540. The van der Waals surface area contributed by atoms with E-state index in [2.05, 4.69) is 21.8 Å². The van der Waals surface area contributed by atoms with Crippen LogP contribution in [0.4, 0.5) is 4.39 Å². The normalized spacial score (nSPS) is 14.7. The van der Waals surface area contributed by atoms with Crippen LogP contribution in [0.25, 0.3) is 16.8 Å². The maximum Gasteiger partial charge on any atom is 0.248 e. The highest BCUT2D eigenvalue weighted by Crippen LogP contribution is 2.33. The largest absolute Gasteiger partial charge is 0.366 e. The summed E-state index contributed by atoms with van der Waals surface area (Å²) in [5.41, 5.74) is 9.91. The fourth-order valence-electron chi connectivity index (χ4n) is 4.53. The number of benzene rings is 3. The molecule has 2 heterocycles. The highest BCUT2D eigenvalue weighted by atomic mass is 19.1. The summed E-state index contributed by atoms with van der Waals surface area (Å²) in [6.07, 6.45) is 2.97. The number of carbonyl (C=O) groups is 2. The SMILES string of the molecule is CCN(C)Cc1ccccc1-c1ccc(C2N=Cc3ncn(-c4cccc(C(N)=O)c4)c3C2=O)c(F)c1. The molecule has 8 heteroatoms. The molecule has 7 nitrogen and oxygen atoms in total. The molecule has 0 bridgehead atoms. The van der Waals surface area contributed by atoms with E-state index < -0.39 is 17.8 Å². The molecule has 1 aliphatic heterocycles. The lowest BCUT2D eigenvalue weighted by Gasteiger charge is -2.20. The van der Waals surface area contributed by atoms with Crippen molar-refractivity contribution in [2.45, 2.75) is 19.5 Å². The summed E-state index contributed by atoms with van der Waals surface area (Å²) in [6.45, 7) is 3.73. The van der Waals surface area contributed by atoms with Gasteiger partial charge >= 0.3 is 0 Å². The Hall–Kier alpha value is -4.43. The number of nitrogens with two attached hydrogens (primary N) is 1. The number of nitrogens with zero attached hydrogens (tertiary/aromatic N) is 4. The van der Waals surface area contributed by atoms with Crippen LogP contribution in [-0.2, 0) is 6.54 Å². The van der Waals surface area contributed by atoms with Crippen LogP contribution >= 0.6 is 0 Å². The number of imidazole rings is 1. The van der Waals surface area contributed by atoms with Gasteiger partial charge < -0.3 is 10.6 Å². The van der Waals surface area contributed by atoms with E-state index in [9.17, 15) is 9.59 Å². The van der Waals surface area contributed by atoms with Crippen LogP contribution in [0.3, 0.4) is 0 Å². The van der Waals surface area contributed by atoms with E-state index in [0.717, 1.165) is 29.8 Å². The summed E-state index contributed by atoms with van der Waals surface area (Å²) in [5.74, 6) is -1.46. The first-order chi connectivity index (χ1) is 17.9. The molecule has 186 valence electrons. The number of amides is 1. The summed E-state index contributed by atoms with van der Waals surface area (Å²) in [6, 6.07) is 18.4. The standard InChI is InChI=1S/C29H26FN5O2/c1-3-34(2)16-20-7-4-5-10-22(20)18-11-12-23(24(30)14-18)26-28(36)27-25(15-32-26)33-17-35(27)21-9-6-8-19(13-21)29(31)37/h4-15,17,26H,3,16H2,1-2H3,(H2,31,37). The van der Waals surface area contributed by atoms with Gasteiger partial charge in [0, 0.05) is 23.4 Å². The number of rotatable bonds is 7. The monoisotopic (exact) mass is 495 g/mol. The fraction of sp³-hybridized carbons (Fsp3) is 0.172. The highest BCUT2D eigenvalue weighted by molar-refractivity contribution is 6.09. The molecular formula is C29H26FN5O2. The average Bonchev–Trinajstić information content (AvgIpc) is 3.35. The highest BCUT2D eigenvalue weighted by Gasteiger charge is 2.32. The molecule has 1 amide bonds. The van der Waals surface area contributed by atoms with Gasteiger partial charge in [0.05, 0.1) is 6.21 Å². The van der Waals surface area contributed by atoms with E-state index in [1.807, 2.05) is 37.4 Å². The number of primary amides is 1. The second-order valence-corrected chi connectivity index (χ2v) is 9.03. The van der Waals surface area contributed by atoms with Gasteiger partial charge in [-0.25, -0.2) is 9.37 Å². The van der Waals surface area contributed by atoms with Crippen LogP contribution in [0.1, 0.15) is 50.6 Å². The topological polar surface area (TPSA) is 93.6 Å². The minimum atomic E-state index is -1.04. The number of hydrogen-bond acceptors (Lipinski definition) is 5. The molecule has 0 spiro atoms. The molecule has 3 aromatic carbocycles. The fourth-order valence-corrected chi connectivity index (χ4v) is 4.53. The van der Waals surface area contributed by atoms with Crippen LogP contribution in [0, 0.1) is 5.82 Å². The first-order valence-electron chi connectivity index (χ1n) is 12.0. The van der Waals surface area contributed by atoms with Crippen molar-refractivity contribution in [3.63, 3.8) is 0 Å². The molecule has 0 saturated carbocycles. The second-order valence-electron chi connectivity index (χ2n) is 9.03. The van der Waals surface area contributed by atoms with E-state index in [-0.39, 0.29) is 17.0 Å². The van der Waals surface area contributed by atoms with E-state index >= 15 is 4.39 Å². The molecule has 0 saturated heterocycles. The van der Waals surface area contributed by atoms with E-state index in [0.29, 0.717) is 16.9 Å². The van der Waals surface area contributed by atoms with Crippen molar-refractivity contribution < 1.29 is 14.0 Å². The molecule has 0 fully saturated rings. The number of carbonyl (C=O) groups excluding carboxylic acids is 2. The predicted octanol–water partition coefficient (Wildman–Crippen LogP) is 4.59. The van der Waals surface area contributed by atoms with E-state index in [1.165, 1.54) is 18.6 Å². The van der Waals surface area contributed by atoms with E-state index in [4.69, 9.17) is 5.73 Å². The average molecular weight is 496 g/mol. The summed E-state index contributed by atoms with van der Waals surface area (Å²) >= 11 is 0. The van der Waals surface area contributed by atoms with Crippen LogP contribution in [0.5, 0.6) is 0 Å². The smallest absolute Gasteiger partial charge is 0.248 e. The quantitative estimate of drug-likeness (QED) is 0.406. The van der Waals surface area contributed by atoms with Crippen LogP contribution in [-0.4, -0.2) is 45.9 Å². The molecule has 2 N–H and O–H groups in total. The number of hydrogen-bond donors (Lipinski definition) is 1. The maximum absolute atomic E-state index is 15.5. The Morgan fingerprint density at radius 1 is 1.11 bits per heavy atom. The molecule has 0 radical (unpaired) electrons. The van der Waals surface area contributed by atoms with Gasteiger partial charge in [0.1, 0.15) is 29.6 Å². The molecule has 1 unspecified atom stereocenters. The van der Waals surface area contributed by atoms with Gasteiger partial charge in [-0.1, -0.05) is 49.4 Å². The van der Waals surface area contributed by atoms with E-state index in [1.54, 1.807) is 34.9 Å². The zero-order valence-corrected chi connectivity index (χ0v) is 20.6. The summed E-state index contributed by atoms with van der Waals surface area (Å²) in [5, 5.41) is 0. The van der Waals surface area contributed by atoms with Gasteiger partial charge in [0.15, 0.2) is 0 Å². The van der Waals surface area contributed by atoms with Crippen molar-refractivity contribution in [1.82, 2.24) is 14.5 Å². The maximum atomic E-state index is 15.5. The van der Waals surface area contributed by atoms with Gasteiger partial charge in [-0.05, 0) is 54.5 Å². The van der Waals surface area contributed by atoms with Crippen molar-refractivity contribution in [3.8, 4) is 16.8 Å². The Balaban J connectivity index is 1.49. The summed E-state index contributed by atoms with van der Waals surface area (Å²) < 4.78 is 17.1. The van der Waals surface area contributed by atoms with Crippen molar-refractivity contribution in [3.05, 3.63) is 107 Å². The van der Waals surface area contributed by atoms with Gasteiger partial charge in [0.2, 0.25) is 11.7 Å². The molecule has 1 atom stereocenters. The third-order valence-corrected chi connectivity index (χ3v) is 6.64. The molecule has 0 aliphatic carbocycles. The number of halogens is 1. The summed E-state index contributed by atoms with van der Waals surface area (Å²) in [4.78, 5) is 36.0. The van der Waals surface area contributed by atoms with Crippen molar-refractivity contribution in [2.24, 2.45) is 10.7 Å². The van der Waals surface area contributed by atoms with Crippen LogP contribution < -0.4 is 5.73 Å². The first-order valence-corrected chi connectivity index (χ1v) is 12.0. The number of Topliss-reactive ketones (excluding diaryl/α,β-unsaturated/α-hetero) is 1. The Kier molecular flexibility index (Phi) is 6.50. The molecule has 1 aliphatic rings. The number of ketones is 1. The zero-order chi connectivity index (χ0) is 26.1. The number of aliphatic imine (C=N–C) groups is 1. The molecule has 1 aromatic heterocycles. The minimum Gasteiger partial charge on any atom is -0.366 e. The lowest BCUT2D eigenvalue weighted by molar-refractivity contribution is 0.0951. The summed E-state index contributed by atoms with van der Waals surface area (Å²) in [7, 11) is 2.04. The third-order valence-electron chi connectivity index (χ3n) is 6.64. The lowest BCUT2D eigenvalue weighted by Crippen LogP contribution is -2.21. The van der Waals surface area contributed by atoms with Crippen molar-refractivity contribution in [2.75, 3.05) is 13.6 Å². The number of aromatic nitrogens is 2.